The second kappa shape index (κ2) is 4.67. The number of rotatable bonds is 2. The molecular weight excluding hydrogens is 220 g/mol. The molecule has 92 valence electrons. The molecule has 1 aliphatic rings. The molecule has 0 radical (unpaired) electrons. The van der Waals surface area contributed by atoms with Gasteiger partial charge < -0.3 is 10.6 Å². The Balaban J connectivity index is 2.26. The Morgan fingerprint density at radius 2 is 2.41 bits per heavy atom. The number of nitrogens with zero attached hydrogens (tertiary/aromatic N) is 3. The normalized spacial score (nSPS) is 20.4. The first-order valence-electron chi connectivity index (χ1n) is 5.69. The number of piperidine rings is 1. The van der Waals surface area contributed by atoms with Gasteiger partial charge in [-0.05, 0) is 19.8 Å². The van der Waals surface area contributed by atoms with Crippen LogP contribution in [0.15, 0.2) is 12.3 Å². The minimum Gasteiger partial charge on any atom is -0.355 e. The van der Waals surface area contributed by atoms with Gasteiger partial charge in [-0.1, -0.05) is 0 Å². The molecule has 6 heteroatoms. The fourth-order valence-corrected chi connectivity index (χ4v) is 2.09. The Morgan fingerprint density at radius 1 is 1.65 bits per heavy atom. The van der Waals surface area contributed by atoms with E-state index in [9.17, 15) is 10.1 Å². The predicted octanol–water partition coefficient (Wildman–Crippen LogP) is 1.23. The van der Waals surface area contributed by atoms with Gasteiger partial charge >= 0.3 is 0 Å². The summed E-state index contributed by atoms with van der Waals surface area (Å²) < 4.78 is 0. The van der Waals surface area contributed by atoms with Gasteiger partial charge in [-0.2, -0.15) is 0 Å². The van der Waals surface area contributed by atoms with Crippen LogP contribution in [0.5, 0.6) is 0 Å². The summed E-state index contributed by atoms with van der Waals surface area (Å²) in [6.07, 6.45) is 3.56. The molecule has 0 saturated carbocycles. The zero-order valence-corrected chi connectivity index (χ0v) is 9.80. The zero-order valence-electron chi connectivity index (χ0n) is 9.80. The van der Waals surface area contributed by atoms with E-state index in [0.717, 1.165) is 19.4 Å². The van der Waals surface area contributed by atoms with Gasteiger partial charge in [0.15, 0.2) is 0 Å². The van der Waals surface area contributed by atoms with Gasteiger partial charge in [0.1, 0.15) is 5.82 Å². The molecule has 1 aromatic heterocycles. The minimum absolute atomic E-state index is 0.120. The summed E-state index contributed by atoms with van der Waals surface area (Å²) >= 11 is 0. The SMILES string of the molecule is Cc1cnc(N2CCC[C@@H](N)C2)cc1[N+](=O)[O-]. The summed E-state index contributed by atoms with van der Waals surface area (Å²) in [5.74, 6) is 0.650. The molecule has 0 amide bonds. The third kappa shape index (κ3) is 2.52. The van der Waals surface area contributed by atoms with Crippen molar-refractivity contribution in [2.24, 2.45) is 5.73 Å². The smallest absolute Gasteiger partial charge is 0.277 e. The lowest BCUT2D eigenvalue weighted by molar-refractivity contribution is -0.385. The van der Waals surface area contributed by atoms with E-state index in [1.54, 1.807) is 13.1 Å². The van der Waals surface area contributed by atoms with Crippen molar-refractivity contribution < 1.29 is 4.92 Å². The van der Waals surface area contributed by atoms with Crippen LogP contribution < -0.4 is 10.6 Å². The number of hydrogen-bond donors (Lipinski definition) is 1. The largest absolute Gasteiger partial charge is 0.355 e. The van der Waals surface area contributed by atoms with E-state index in [1.807, 2.05) is 4.90 Å². The Hall–Kier alpha value is -1.69. The average Bonchev–Trinajstić information content (AvgIpc) is 2.29. The van der Waals surface area contributed by atoms with E-state index < -0.39 is 0 Å². The summed E-state index contributed by atoms with van der Waals surface area (Å²) in [5, 5.41) is 10.9. The van der Waals surface area contributed by atoms with Crippen LogP contribution in [0.25, 0.3) is 0 Å². The highest BCUT2D eigenvalue weighted by Gasteiger charge is 2.20. The van der Waals surface area contributed by atoms with E-state index >= 15 is 0 Å². The van der Waals surface area contributed by atoms with Gasteiger partial charge in [-0.25, -0.2) is 4.98 Å². The predicted molar refractivity (Wildman–Crippen MR) is 65.1 cm³/mol. The number of aryl methyl sites for hydroxylation is 1. The molecule has 2 rings (SSSR count). The molecule has 0 aromatic carbocycles. The number of nitro groups is 1. The number of nitrogens with two attached hydrogens (primary N) is 1. The van der Waals surface area contributed by atoms with Crippen LogP contribution in [0.1, 0.15) is 18.4 Å². The Labute approximate surface area is 99.6 Å². The third-order valence-corrected chi connectivity index (χ3v) is 3.04. The monoisotopic (exact) mass is 236 g/mol. The highest BCUT2D eigenvalue weighted by molar-refractivity contribution is 5.51. The van der Waals surface area contributed by atoms with E-state index in [4.69, 9.17) is 5.73 Å². The first-order valence-corrected chi connectivity index (χ1v) is 5.69. The van der Waals surface area contributed by atoms with E-state index in [2.05, 4.69) is 4.98 Å². The minimum atomic E-state index is -0.371. The lowest BCUT2D eigenvalue weighted by atomic mass is 10.1. The fourth-order valence-electron chi connectivity index (χ4n) is 2.09. The number of pyridine rings is 1. The molecule has 0 spiro atoms. The van der Waals surface area contributed by atoms with Gasteiger partial charge in [-0.3, -0.25) is 10.1 Å². The molecule has 1 atom stereocenters. The highest BCUT2D eigenvalue weighted by atomic mass is 16.6. The lowest BCUT2D eigenvalue weighted by Gasteiger charge is -2.31. The van der Waals surface area contributed by atoms with Gasteiger partial charge in [0.2, 0.25) is 0 Å². The van der Waals surface area contributed by atoms with Crippen LogP contribution in [0.2, 0.25) is 0 Å². The average molecular weight is 236 g/mol. The maximum absolute atomic E-state index is 10.9. The van der Waals surface area contributed by atoms with Gasteiger partial charge in [0.25, 0.3) is 5.69 Å². The van der Waals surface area contributed by atoms with E-state index in [0.29, 0.717) is 17.9 Å². The lowest BCUT2D eigenvalue weighted by Crippen LogP contribution is -2.43. The van der Waals surface area contributed by atoms with Crippen LogP contribution in [-0.2, 0) is 0 Å². The van der Waals surface area contributed by atoms with Gasteiger partial charge in [0, 0.05) is 30.9 Å². The molecule has 6 nitrogen and oxygen atoms in total. The second-order valence-electron chi connectivity index (χ2n) is 4.43. The van der Waals surface area contributed by atoms with Crippen LogP contribution in [0.4, 0.5) is 11.5 Å². The summed E-state index contributed by atoms with van der Waals surface area (Å²) in [4.78, 5) is 16.7. The molecule has 2 heterocycles. The third-order valence-electron chi connectivity index (χ3n) is 3.04. The summed E-state index contributed by atoms with van der Waals surface area (Å²) in [5.41, 5.74) is 6.59. The maximum Gasteiger partial charge on any atom is 0.277 e. The Morgan fingerprint density at radius 3 is 3.06 bits per heavy atom. The molecule has 0 aliphatic carbocycles. The molecule has 0 bridgehead atoms. The quantitative estimate of drug-likeness (QED) is 0.616. The molecule has 1 saturated heterocycles. The van der Waals surface area contributed by atoms with Crippen molar-refractivity contribution in [1.82, 2.24) is 4.98 Å². The fraction of sp³-hybridized carbons (Fsp3) is 0.545. The first-order chi connectivity index (χ1) is 8.08. The van der Waals surface area contributed by atoms with Crippen molar-refractivity contribution >= 4 is 11.5 Å². The standard InChI is InChI=1S/C11H16N4O2/c1-8-6-13-11(5-10(8)15(16)17)14-4-2-3-9(12)7-14/h5-6,9H,2-4,7,12H2,1H3/t9-/m1/s1. The van der Waals surface area contributed by atoms with Crippen LogP contribution in [-0.4, -0.2) is 29.0 Å². The van der Waals surface area contributed by atoms with Crippen molar-refractivity contribution in [2.45, 2.75) is 25.8 Å². The molecule has 0 unspecified atom stereocenters. The van der Waals surface area contributed by atoms with Crippen LogP contribution in [0, 0.1) is 17.0 Å². The van der Waals surface area contributed by atoms with Crippen LogP contribution in [0.3, 0.4) is 0 Å². The van der Waals surface area contributed by atoms with Crippen LogP contribution >= 0.6 is 0 Å². The van der Waals surface area contributed by atoms with Crippen molar-refractivity contribution in [3.05, 3.63) is 27.9 Å². The second-order valence-corrected chi connectivity index (χ2v) is 4.43. The molecular formula is C11H16N4O2. The topological polar surface area (TPSA) is 85.3 Å². The molecule has 1 aliphatic heterocycles. The Bertz CT molecular complexity index is 435. The van der Waals surface area contributed by atoms with Crippen molar-refractivity contribution in [1.29, 1.82) is 0 Å². The highest BCUT2D eigenvalue weighted by Crippen LogP contribution is 2.24. The molecule has 1 aromatic rings. The molecule has 2 N–H and O–H groups in total. The summed E-state index contributed by atoms with van der Waals surface area (Å²) in [7, 11) is 0. The molecule has 17 heavy (non-hydrogen) atoms. The molecule has 1 fully saturated rings. The maximum atomic E-state index is 10.9. The van der Waals surface area contributed by atoms with Crippen molar-refractivity contribution in [2.75, 3.05) is 18.0 Å². The number of hydrogen-bond acceptors (Lipinski definition) is 5. The first kappa shape index (κ1) is 11.8. The Kier molecular flexibility index (Phi) is 3.23. The summed E-state index contributed by atoms with van der Waals surface area (Å²) in [6.45, 7) is 3.27. The van der Waals surface area contributed by atoms with E-state index in [-0.39, 0.29) is 16.7 Å². The number of anilines is 1. The van der Waals surface area contributed by atoms with Gasteiger partial charge in [0.05, 0.1) is 11.0 Å². The van der Waals surface area contributed by atoms with E-state index in [1.165, 1.54) is 6.07 Å². The summed E-state index contributed by atoms with van der Waals surface area (Å²) in [6, 6.07) is 1.67. The number of aromatic nitrogens is 1. The van der Waals surface area contributed by atoms with Crippen molar-refractivity contribution in [3.8, 4) is 0 Å². The zero-order chi connectivity index (χ0) is 12.4. The van der Waals surface area contributed by atoms with Crippen molar-refractivity contribution in [3.63, 3.8) is 0 Å². The van der Waals surface area contributed by atoms with Gasteiger partial charge in [-0.15, -0.1) is 0 Å².